The molecule has 3 nitrogen and oxygen atoms in total. The highest BCUT2D eigenvalue weighted by Gasteiger charge is 2.26. The van der Waals surface area contributed by atoms with E-state index in [2.05, 4.69) is 28.2 Å². The number of benzene rings is 1. The summed E-state index contributed by atoms with van der Waals surface area (Å²) in [4.78, 5) is 11.8. The van der Waals surface area contributed by atoms with Crippen LogP contribution in [0.15, 0.2) is 22.7 Å². The Bertz CT molecular complexity index is 413. The molecule has 0 aliphatic heterocycles. The number of rotatable bonds is 2. The summed E-state index contributed by atoms with van der Waals surface area (Å²) in [5.41, 5.74) is 6.95. The van der Waals surface area contributed by atoms with Gasteiger partial charge >= 0.3 is 0 Å². The second kappa shape index (κ2) is 4.45. The third kappa shape index (κ3) is 2.38. The molecule has 1 aromatic rings. The molecule has 1 aliphatic carbocycles. The van der Waals surface area contributed by atoms with Crippen molar-refractivity contribution >= 4 is 27.5 Å². The quantitative estimate of drug-likeness (QED) is 0.820. The highest BCUT2D eigenvalue weighted by Crippen LogP contribution is 2.27. The Morgan fingerprint density at radius 2 is 2.19 bits per heavy atom. The fraction of sp³-hybridized carbons (Fsp3) is 0.417. The molecule has 3 N–H and O–H groups in total. The summed E-state index contributed by atoms with van der Waals surface area (Å²) in [6.45, 7) is 2.19. The summed E-state index contributed by atoms with van der Waals surface area (Å²) in [6.07, 6.45) is 2.16. The van der Waals surface area contributed by atoms with Gasteiger partial charge in [0.15, 0.2) is 0 Å². The highest BCUT2D eigenvalue weighted by molar-refractivity contribution is 9.10. The topological polar surface area (TPSA) is 55.1 Å². The number of carbonyl (C=O) groups is 1. The van der Waals surface area contributed by atoms with E-state index in [1.165, 1.54) is 0 Å². The third-order valence-electron chi connectivity index (χ3n) is 2.97. The predicted molar refractivity (Wildman–Crippen MR) is 68.2 cm³/mol. The Balaban J connectivity index is 2.01. The summed E-state index contributed by atoms with van der Waals surface area (Å²) in [6, 6.07) is 5.61. The van der Waals surface area contributed by atoms with Gasteiger partial charge in [0.05, 0.1) is 0 Å². The number of amides is 1. The van der Waals surface area contributed by atoms with E-state index in [1.807, 2.05) is 0 Å². The number of halogens is 1. The number of nitrogens with one attached hydrogen (secondary N) is 1. The lowest BCUT2D eigenvalue weighted by Crippen LogP contribution is -2.43. The summed E-state index contributed by atoms with van der Waals surface area (Å²) in [7, 11) is 0. The van der Waals surface area contributed by atoms with Gasteiger partial charge in [0, 0.05) is 21.8 Å². The molecule has 0 unspecified atom stereocenters. The summed E-state index contributed by atoms with van der Waals surface area (Å²) < 4.78 is 0.821. The van der Waals surface area contributed by atoms with Crippen LogP contribution in [0.2, 0.25) is 0 Å². The van der Waals surface area contributed by atoms with Crippen LogP contribution in [-0.4, -0.2) is 11.9 Å². The van der Waals surface area contributed by atoms with Gasteiger partial charge in [-0.05, 0) is 52.9 Å². The average Bonchev–Trinajstić information content (AvgIpc) is 2.19. The minimum atomic E-state index is -0.0314. The van der Waals surface area contributed by atoms with E-state index < -0.39 is 0 Å². The number of anilines is 1. The van der Waals surface area contributed by atoms with Gasteiger partial charge in [0.1, 0.15) is 0 Å². The molecule has 0 radical (unpaired) electrons. The molecule has 0 atom stereocenters. The summed E-state index contributed by atoms with van der Waals surface area (Å²) >= 11 is 3.31. The van der Waals surface area contributed by atoms with Crippen molar-refractivity contribution in [3.63, 3.8) is 0 Å². The largest absolute Gasteiger partial charge is 0.398 e. The Kier molecular flexibility index (Phi) is 3.19. The first kappa shape index (κ1) is 11.5. The minimum absolute atomic E-state index is 0.0314. The second-order valence-electron chi connectivity index (χ2n) is 4.48. The van der Waals surface area contributed by atoms with Crippen molar-refractivity contribution in [3.05, 3.63) is 28.2 Å². The van der Waals surface area contributed by atoms with Crippen molar-refractivity contribution < 1.29 is 4.79 Å². The molecule has 1 aromatic carbocycles. The van der Waals surface area contributed by atoms with Gasteiger partial charge in [0.2, 0.25) is 0 Å². The lowest BCUT2D eigenvalue weighted by molar-refractivity contribution is 0.0896. The maximum Gasteiger partial charge on any atom is 0.251 e. The highest BCUT2D eigenvalue weighted by atomic mass is 79.9. The lowest BCUT2D eigenvalue weighted by atomic mass is 9.82. The van der Waals surface area contributed by atoms with Crippen molar-refractivity contribution in [2.45, 2.75) is 25.8 Å². The van der Waals surface area contributed by atoms with Gasteiger partial charge in [-0.2, -0.15) is 0 Å². The zero-order valence-electron chi connectivity index (χ0n) is 9.16. The van der Waals surface area contributed by atoms with Crippen LogP contribution in [0.1, 0.15) is 30.1 Å². The molecule has 1 fully saturated rings. The van der Waals surface area contributed by atoms with Crippen molar-refractivity contribution in [1.29, 1.82) is 0 Å². The Labute approximate surface area is 104 Å². The van der Waals surface area contributed by atoms with E-state index in [-0.39, 0.29) is 5.91 Å². The fourth-order valence-electron chi connectivity index (χ4n) is 1.97. The van der Waals surface area contributed by atoms with Crippen molar-refractivity contribution in [2.75, 3.05) is 5.73 Å². The molecule has 2 rings (SSSR count). The van der Waals surface area contributed by atoms with Gasteiger partial charge < -0.3 is 11.1 Å². The van der Waals surface area contributed by atoms with Crippen molar-refractivity contribution in [3.8, 4) is 0 Å². The van der Waals surface area contributed by atoms with Gasteiger partial charge in [-0.3, -0.25) is 4.79 Å². The molecule has 0 heterocycles. The summed E-state index contributed by atoms with van der Waals surface area (Å²) in [5, 5.41) is 3.00. The van der Waals surface area contributed by atoms with E-state index in [9.17, 15) is 4.79 Å². The molecule has 0 aromatic heterocycles. The SMILES string of the molecule is CC1CC(NC(=O)c2ccc(Br)c(N)c2)C1. The average molecular weight is 283 g/mol. The Morgan fingerprint density at radius 1 is 1.50 bits per heavy atom. The van der Waals surface area contributed by atoms with E-state index >= 15 is 0 Å². The third-order valence-corrected chi connectivity index (χ3v) is 3.69. The molecule has 1 saturated carbocycles. The molecule has 86 valence electrons. The molecule has 0 saturated heterocycles. The lowest BCUT2D eigenvalue weighted by Gasteiger charge is -2.33. The zero-order chi connectivity index (χ0) is 11.7. The van der Waals surface area contributed by atoms with E-state index in [1.54, 1.807) is 18.2 Å². The number of hydrogen-bond acceptors (Lipinski definition) is 2. The maximum absolute atomic E-state index is 11.8. The Morgan fingerprint density at radius 3 is 2.75 bits per heavy atom. The minimum Gasteiger partial charge on any atom is -0.398 e. The molecular weight excluding hydrogens is 268 g/mol. The van der Waals surface area contributed by atoms with Crippen LogP contribution in [0.25, 0.3) is 0 Å². The monoisotopic (exact) mass is 282 g/mol. The number of nitrogens with two attached hydrogens (primary N) is 1. The van der Waals surface area contributed by atoms with Crippen LogP contribution in [-0.2, 0) is 0 Å². The standard InChI is InChI=1S/C12H15BrN2O/c1-7-4-9(5-7)15-12(16)8-2-3-10(13)11(14)6-8/h2-3,6-7,9H,4-5,14H2,1H3,(H,15,16). The molecule has 0 bridgehead atoms. The van der Waals surface area contributed by atoms with Gasteiger partial charge in [-0.15, -0.1) is 0 Å². The Hall–Kier alpha value is -1.03. The number of hydrogen-bond donors (Lipinski definition) is 2. The van der Waals surface area contributed by atoms with Crippen LogP contribution in [0.3, 0.4) is 0 Å². The zero-order valence-corrected chi connectivity index (χ0v) is 10.8. The van der Waals surface area contributed by atoms with Crippen molar-refractivity contribution in [1.82, 2.24) is 5.32 Å². The first-order valence-electron chi connectivity index (χ1n) is 5.42. The van der Waals surface area contributed by atoms with Crippen LogP contribution < -0.4 is 11.1 Å². The van der Waals surface area contributed by atoms with Gasteiger partial charge in [-0.25, -0.2) is 0 Å². The van der Waals surface area contributed by atoms with E-state index in [4.69, 9.17) is 5.73 Å². The number of nitrogen functional groups attached to an aromatic ring is 1. The maximum atomic E-state index is 11.8. The van der Waals surface area contributed by atoms with Crippen LogP contribution in [0.4, 0.5) is 5.69 Å². The van der Waals surface area contributed by atoms with E-state index in [0.29, 0.717) is 17.3 Å². The van der Waals surface area contributed by atoms with Crippen molar-refractivity contribution in [2.24, 2.45) is 5.92 Å². The molecule has 0 spiro atoms. The predicted octanol–water partition coefficient (Wildman–Crippen LogP) is 2.56. The smallest absolute Gasteiger partial charge is 0.251 e. The molecule has 1 amide bonds. The summed E-state index contributed by atoms with van der Waals surface area (Å²) in [5.74, 6) is 0.705. The molecule has 16 heavy (non-hydrogen) atoms. The molecule has 1 aliphatic rings. The van der Waals surface area contributed by atoms with Crippen LogP contribution >= 0.6 is 15.9 Å². The van der Waals surface area contributed by atoms with E-state index in [0.717, 1.165) is 23.2 Å². The fourth-order valence-corrected chi connectivity index (χ4v) is 2.22. The normalized spacial score (nSPS) is 23.6. The second-order valence-corrected chi connectivity index (χ2v) is 5.34. The first-order valence-corrected chi connectivity index (χ1v) is 6.21. The molecule has 4 heteroatoms. The molecular formula is C12H15BrN2O. The van der Waals surface area contributed by atoms with Gasteiger partial charge in [-0.1, -0.05) is 6.92 Å². The van der Waals surface area contributed by atoms with Crippen LogP contribution in [0, 0.1) is 5.92 Å². The first-order chi connectivity index (χ1) is 7.56. The van der Waals surface area contributed by atoms with Crippen LogP contribution in [0.5, 0.6) is 0 Å². The van der Waals surface area contributed by atoms with Gasteiger partial charge in [0.25, 0.3) is 5.91 Å². The number of carbonyl (C=O) groups excluding carboxylic acids is 1.